The molecule has 0 amide bonds. The second kappa shape index (κ2) is 17.4. The lowest BCUT2D eigenvalue weighted by molar-refractivity contribution is -0.138. The maximum Gasteiger partial charge on any atom is 0.305 e. The number of carboxylic acid groups (broad SMARTS) is 1. The van der Waals surface area contributed by atoms with Gasteiger partial charge in [-0.05, 0) is 6.42 Å². The van der Waals surface area contributed by atoms with Gasteiger partial charge >= 0.3 is 5.97 Å². The maximum absolute atomic E-state index is 10.2. The molecule has 0 saturated heterocycles. The predicted octanol–water partition coefficient (Wildman–Crippen LogP) is 4.42. The van der Waals surface area contributed by atoms with Gasteiger partial charge < -0.3 is 14.6 Å². The highest BCUT2D eigenvalue weighted by Crippen LogP contribution is 2.10. The number of hydrogen-bond acceptors (Lipinski definition) is 3. The largest absolute Gasteiger partial charge is 0.481 e. The minimum atomic E-state index is -0.818. The zero-order valence-electron chi connectivity index (χ0n) is 13.8. The smallest absolute Gasteiger partial charge is 0.305 e. The summed E-state index contributed by atoms with van der Waals surface area (Å²) in [5.41, 5.74) is 0. The van der Waals surface area contributed by atoms with E-state index in [1.165, 1.54) is 57.8 Å². The molecule has 0 aliphatic heterocycles. The summed E-state index contributed by atoms with van der Waals surface area (Å²) < 4.78 is 10.6. The third-order valence-corrected chi connectivity index (χ3v) is 3.47. The molecule has 0 aliphatic carbocycles. The van der Waals surface area contributed by atoms with E-state index in [-0.39, 0.29) is 13.0 Å². The van der Waals surface area contributed by atoms with Crippen LogP contribution in [0, 0.1) is 0 Å². The Hall–Kier alpha value is -0.610. The number of unbranched alkanes of at least 4 members (excludes halogenated alkanes) is 9. The molecule has 4 nitrogen and oxygen atoms in total. The van der Waals surface area contributed by atoms with E-state index in [2.05, 4.69) is 6.92 Å². The van der Waals surface area contributed by atoms with Crippen LogP contribution in [0.1, 0.15) is 77.6 Å². The fourth-order valence-corrected chi connectivity index (χ4v) is 2.17. The van der Waals surface area contributed by atoms with Crippen molar-refractivity contribution < 1.29 is 19.4 Å². The Morgan fingerprint density at radius 3 is 1.71 bits per heavy atom. The molecule has 126 valence electrons. The van der Waals surface area contributed by atoms with Gasteiger partial charge in [-0.25, -0.2) is 0 Å². The highest BCUT2D eigenvalue weighted by Gasteiger charge is 1.96. The molecule has 21 heavy (non-hydrogen) atoms. The van der Waals surface area contributed by atoms with Crippen molar-refractivity contribution >= 4 is 5.97 Å². The summed E-state index contributed by atoms with van der Waals surface area (Å²) in [7, 11) is 0. The minimum absolute atomic E-state index is 0.0679. The maximum atomic E-state index is 10.2. The van der Waals surface area contributed by atoms with Crippen LogP contribution in [0.15, 0.2) is 0 Å². The van der Waals surface area contributed by atoms with Crippen molar-refractivity contribution in [1.29, 1.82) is 0 Å². The first-order valence-electron chi connectivity index (χ1n) is 8.64. The predicted molar refractivity (Wildman–Crippen MR) is 85.7 cm³/mol. The van der Waals surface area contributed by atoms with Gasteiger partial charge in [0, 0.05) is 6.61 Å². The number of aliphatic carboxylic acids is 1. The summed E-state index contributed by atoms with van der Waals surface area (Å²) in [5.74, 6) is -0.818. The van der Waals surface area contributed by atoms with Gasteiger partial charge in [-0.3, -0.25) is 4.79 Å². The van der Waals surface area contributed by atoms with Gasteiger partial charge in [0.2, 0.25) is 0 Å². The van der Waals surface area contributed by atoms with E-state index in [0.717, 1.165) is 13.0 Å². The molecule has 0 aromatic heterocycles. The SMILES string of the molecule is CCCCCCCCCCCCOCCOCCC(=O)O. The molecule has 0 atom stereocenters. The molecule has 0 aromatic carbocycles. The lowest BCUT2D eigenvalue weighted by Crippen LogP contribution is -2.08. The standard InChI is InChI=1S/C17H34O4/c1-2-3-4-5-6-7-8-9-10-11-13-20-15-16-21-14-12-17(18)19/h2-16H2,1H3,(H,18,19). The Balaban J connectivity index is 2.95. The molecular weight excluding hydrogens is 268 g/mol. The highest BCUT2D eigenvalue weighted by molar-refractivity contribution is 5.66. The second-order valence-corrected chi connectivity index (χ2v) is 5.55. The molecule has 0 heterocycles. The molecule has 0 unspecified atom stereocenters. The summed E-state index contributed by atoms with van der Waals surface area (Å²) in [5, 5.41) is 8.42. The molecule has 4 heteroatoms. The summed E-state index contributed by atoms with van der Waals surface area (Å²) >= 11 is 0. The molecular formula is C17H34O4. The van der Waals surface area contributed by atoms with Gasteiger partial charge in [-0.15, -0.1) is 0 Å². The molecule has 0 bridgehead atoms. The van der Waals surface area contributed by atoms with Gasteiger partial charge in [0.25, 0.3) is 0 Å². The average molecular weight is 302 g/mol. The number of carbonyl (C=O) groups is 1. The van der Waals surface area contributed by atoms with Gasteiger partial charge in [-0.2, -0.15) is 0 Å². The highest BCUT2D eigenvalue weighted by atomic mass is 16.5. The molecule has 0 aliphatic rings. The van der Waals surface area contributed by atoms with E-state index in [9.17, 15) is 4.79 Å². The molecule has 0 spiro atoms. The lowest BCUT2D eigenvalue weighted by atomic mass is 10.1. The van der Waals surface area contributed by atoms with Gasteiger partial charge in [0.1, 0.15) is 0 Å². The summed E-state index contributed by atoms with van der Waals surface area (Å²) in [6.45, 7) is 4.38. The van der Waals surface area contributed by atoms with E-state index in [0.29, 0.717) is 13.2 Å². The molecule has 0 rings (SSSR count). The Morgan fingerprint density at radius 1 is 0.714 bits per heavy atom. The number of hydrogen-bond donors (Lipinski definition) is 1. The van der Waals surface area contributed by atoms with Crippen LogP contribution in [0.2, 0.25) is 0 Å². The molecule has 0 aromatic rings. The Kier molecular flexibility index (Phi) is 16.9. The van der Waals surface area contributed by atoms with E-state index in [4.69, 9.17) is 14.6 Å². The Labute approximate surface area is 130 Å². The number of carboxylic acids is 1. The van der Waals surface area contributed by atoms with Crippen LogP contribution in [0.4, 0.5) is 0 Å². The van der Waals surface area contributed by atoms with Crippen LogP contribution >= 0.6 is 0 Å². The molecule has 1 N–H and O–H groups in total. The van der Waals surface area contributed by atoms with Crippen LogP contribution in [0.5, 0.6) is 0 Å². The van der Waals surface area contributed by atoms with Crippen LogP contribution < -0.4 is 0 Å². The first-order valence-corrected chi connectivity index (χ1v) is 8.64. The fraction of sp³-hybridized carbons (Fsp3) is 0.941. The fourth-order valence-electron chi connectivity index (χ4n) is 2.17. The van der Waals surface area contributed by atoms with Crippen LogP contribution in [-0.4, -0.2) is 37.5 Å². The first kappa shape index (κ1) is 20.4. The van der Waals surface area contributed by atoms with Gasteiger partial charge in [0.05, 0.1) is 26.2 Å². The van der Waals surface area contributed by atoms with Gasteiger partial charge in [0.15, 0.2) is 0 Å². The zero-order chi connectivity index (χ0) is 15.6. The quantitative estimate of drug-likeness (QED) is 0.404. The summed E-state index contributed by atoms with van der Waals surface area (Å²) in [6, 6.07) is 0. The number of ether oxygens (including phenoxy) is 2. The van der Waals surface area contributed by atoms with Crippen LogP contribution in [-0.2, 0) is 14.3 Å². The lowest BCUT2D eigenvalue weighted by Gasteiger charge is -2.05. The average Bonchev–Trinajstić information content (AvgIpc) is 2.46. The molecule has 0 saturated carbocycles. The van der Waals surface area contributed by atoms with Crippen molar-refractivity contribution in [3.63, 3.8) is 0 Å². The molecule has 0 radical (unpaired) electrons. The van der Waals surface area contributed by atoms with E-state index in [1.54, 1.807) is 0 Å². The van der Waals surface area contributed by atoms with Crippen molar-refractivity contribution in [3.05, 3.63) is 0 Å². The Bertz CT molecular complexity index is 219. The zero-order valence-corrected chi connectivity index (χ0v) is 13.8. The van der Waals surface area contributed by atoms with Crippen molar-refractivity contribution in [3.8, 4) is 0 Å². The van der Waals surface area contributed by atoms with Crippen LogP contribution in [0.25, 0.3) is 0 Å². The van der Waals surface area contributed by atoms with Crippen molar-refractivity contribution in [2.75, 3.05) is 26.4 Å². The van der Waals surface area contributed by atoms with Gasteiger partial charge in [-0.1, -0.05) is 64.7 Å². The molecule has 0 fully saturated rings. The second-order valence-electron chi connectivity index (χ2n) is 5.55. The van der Waals surface area contributed by atoms with Crippen LogP contribution in [0.3, 0.4) is 0 Å². The van der Waals surface area contributed by atoms with Crippen molar-refractivity contribution in [2.24, 2.45) is 0 Å². The normalized spacial score (nSPS) is 10.9. The number of rotatable bonds is 17. The van der Waals surface area contributed by atoms with Crippen molar-refractivity contribution in [2.45, 2.75) is 77.6 Å². The first-order chi connectivity index (χ1) is 10.3. The van der Waals surface area contributed by atoms with E-state index < -0.39 is 5.97 Å². The van der Waals surface area contributed by atoms with E-state index in [1.807, 2.05) is 0 Å². The summed E-state index contributed by atoms with van der Waals surface area (Å²) in [6.07, 6.45) is 13.4. The van der Waals surface area contributed by atoms with E-state index >= 15 is 0 Å². The summed E-state index contributed by atoms with van der Waals surface area (Å²) in [4.78, 5) is 10.2. The minimum Gasteiger partial charge on any atom is -0.481 e. The Morgan fingerprint density at radius 2 is 1.19 bits per heavy atom. The monoisotopic (exact) mass is 302 g/mol. The third kappa shape index (κ3) is 19.4. The third-order valence-electron chi connectivity index (χ3n) is 3.47. The topological polar surface area (TPSA) is 55.8 Å². The van der Waals surface area contributed by atoms with Crippen molar-refractivity contribution in [1.82, 2.24) is 0 Å².